The van der Waals surface area contributed by atoms with E-state index < -0.39 is 6.10 Å². The summed E-state index contributed by atoms with van der Waals surface area (Å²) in [5.74, 6) is 1.14. The van der Waals surface area contributed by atoms with Crippen LogP contribution in [-0.4, -0.2) is 35.9 Å². The molecule has 1 aliphatic heterocycles. The van der Waals surface area contributed by atoms with Crippen LogP contribution >= 0.6 is 0 Å². The van der Waals surface area contributed by atoms with Gasteiger partial charge in [0, 0.05) is 24.3 Å². The summed E-state index contributed by atoms with van der Waals surface area (Å²) in [6.45, 7) is 7.72. The van der Waals surface area contributed by atoms with Gasteiger partial charge >= 0.3 is 0 Å². The number of carbonyl (C=O) groups excluding carboxylic acids is 2. The molecule has 3 rings (SSSR count). The minimum Gasteiger partial charge on any atom is -0.481 e. The first-order chi connectivity index (χ1) is 14.0. The van der Waals surface area contributed by atoms with Crippen LogP contribution in [0.1, 0.15) is 49.0 Å². The lowest BCUT2D eigenvalue weighted by Gasteiger charge is -2.30. The molecule has 1 heterocycles. The van der Waals surface area contributed by atoms with Gasteiger partial charge in [-0.25, -0.2) is 0 Å². The van der Waals surface area contributed by atoms with Crippen LogP contribution in [0, 0.1) is 12.8 Å². The van der Waals surface area contributed by atoms with Crippen molar-refractivity contribution < 1.29 is 14.3 Å². The van der Waals surface area contributed by atoms with Gasteiger partial charge in [0.05, 0.1) is 0 Å². The van der Waals surface area contributed by atoms with Gasteiger partial charge in [0.1, 0.15) is 5.75 Å². The first-order valence-corrected chi connectivity index (χ1v) is 10.4. The fourth-order valence-corrected chi connectivity index (χ4v) is 3.45. The third kappa shape index (κ3) is 5.59. The predicted molar refractivity (Wildman–Crippen MR) is 115 cm³/mol. The number of aryl methyl sites for hydroxylation is 1. The summed E-state index contributed by atoms with van der Waals surface area (Å²) in [5.41, 5.74) is 2.35. The Morgan fingerprint density at radius 2 is 1.83 bits per heavy atom. The average molecular weight is 395 g/mol. The van der Waals surface area contributed by atoms with Crippen LogP contribution in [0.15, 0.2) is 48.5 Å². The number of piperidine rings is 1. The number of anilines is 1. The van der Waals surface area contributed by atoms with Crippen molar-refractivity contribution in [1.82, 2.24) is 4.90 Å². The van der Waals surface area contributed by atoms with Gasteiger partial charge in [0.2, 0.25) is 0 Å². The fraction of sp³-hybridized carbons (Fsp3) is 0.417. The quantitative estimate of drug-likeness (QED) is 0.775. The Labute approximate surface area is 173 Å². The molecule has 0 aromatic heterocycles. The standard InChI is InChI=1S/C24H30N2O3/c1-4-22(29-21-10-8-17(2)9-11-21)23(27)25-20-7-5-6-19(16-20)24(28)26-14-12-18(3)13-15-26/h5-11,16,18,22H,4,12-15H2,1-3H3,(H,25,27). The summed E-state index contributed by atoms with van der Waals surface area (Å²) < 4.78 is 5.85. The van der Waals surface area contributed by atoms with E-state index in [0.29, 0.717) is 29.3 Å². The number of hydrogen-bond acceptors (Lipinski definition) is 3. The van der Waals surface area contributed by atoms with Crippen LogP contribution in [0.2, 0.25) is 0 Å². The monoisotopic (exact) mass is 394 g/mol. The number of rotatable bonds is 6. The third-order valence-electron chi connectivity index (χ3n) is 5.41. The molecule has 0 radical (unpaired) electrons. The highest BCUT2D eigenvalue weighted by Gasteiger charge is 2.22. The topological polar surface area (TPSA) is 58.6 Å². The van der Waals surface area contributed by atoms with Crippen molar-refractivity contribution in [2.24, 2.45) is 5.92 Å². The highest BCUT2D eigenvalue weighted by atomic mass is 16.5. The molecule has 0 saturated carbocycles. The molecule has 1 atom stereocenters. The maximum atomic E-state index is 12.8. The predicted octanol–water partition coefficient (Wildman–Crippen LogP) is 4.66. The molecule has 0 spiro atoms. The Morgan fingerprint density at radius 3 is 2.48 bits per heavy atom. The van der Waals surface area contributed by atoms with Crippen molar-refractivity contribution >= 4 is 17.5 Å². The van der Waals surface area contributed by atoms with E-state index in [9.17, 15) is 9.59 Å². The molecule has 2 amide bonds. The Morgan fingerprint density at radius 1 is 1.14 bits per heavy atom. The minimum atomic E-state index is -0.597. The Bertz CT molecular complexity index is 839. The van der Waals surface area contributed by atoms with Gasteiger partial charge in [0.15, 0.2) is 6.10 Å². The van der Waals surface area contributed by atoms with E-state index in [1.165, 1.54) is 0 Å². The number of likely N-dealkylation sites (tertiary alicyclic amines) is 1. The largest absolute Gasteiger partial charge is 0.481 e. The molecule has 2 aromatic carbocycles. The van der Waals surface area contributed by atoms with Crippen molar-refractivity contribution in [3.63, 3.8) is 0 Å². The van der Waals surface area contributed by atoms with Crippen molar-refractivity contribution in [2.45, 2.75) is 46.1 Å². The smallest absolute Gasteiger partial charge is 0.265 e. The highest BCUT2D eigenvalue weighted by Crippen LogP contribution is 2.20. The number of nitrogens with one attached hydrogen (secondary N) is 1. The lowest BCUT2D eigenvalue weighted by molar-refractivity contribution is -0.122. The van der Waals surface area contributed by atoms with Crippen LogP contribution in [0.3, 0.4) is 0 Å². The first kappa shape index (κ1) is 20.9. The number of benzene rings is 2. The van der Waals surface area contributed by atoms with Crippen molar-refractivity contribution in [3.05, 3.63) is 59.7 Å². The molecule has 1 unspecified atom stereocenters. The Hall–Kier alpha value is -2.82. The van der Waals surface area contributed by atoms with Crippen LogP contribution in [-0.2, 0) is 4.79 Å². The van der Waals surface area contributed by atoms with E-state index in [4.69, 9.17) is 4.74 Å². The van der Waals surface area contributed by atoms with Crippen molar-refractivity contribution in [3.8, 4) is 5.75 Å². The third-order valence-corrected chi connectivity index (χ3v) is 5.41. The van der Waals surface area contributed by atoms with E-state index in [1.54, 1.807) is 24.3 Å². The van der Waals surface area contributed by atoms with Gasteiger partial charge in [-0.05, 0) is 62.4 Å². The summed E-state index contributed by atoms with van der Waals surface area (Å²) in [5, 5.41) is 2.90. The summed E-state index contributed by atoms with van der Waals surface area (Å²) in [6, 6.07) is 14.8. The van der Waals surface area contributed by atoms with Gasteiger partial charge in [-0.15, -0.1) is 0 Å². The lowest BCUT2D eigenvalue weighted by Crippen LogP contribution is -2.38. The summed E-state index contributed by atoms with van der Waals surface area (Å²) >= 11 is 0. The van der Waals surface area contributed by atoms with E-state index >= 15 is 0 Å². The van der Waals surface area contributed by atoms with Crippen LogP contribution in [0.4, 0.5) is 5.69 Å². The summed E-state index contributed by atoms with van der Waals surface area (Å²) in [4.78, 5) is 27.4. The highest BCUT2D eigenvalue weighted by molar-refractivity contribution is 5.98. The molecule has 5 heteroatoms. The molecular formula is C24H30N2O3. The van der Waals surface area contributed by atoms with E-state index in [-0.39, 0.29) is 11.8 Å². The SMILES string of the molecule is CCC(Oc1ccc(C)cc1)C(=O)Nc1cccc(C(=O)N2CCC(C)CC2)c1. The van der Waals surface area contributed by atoms with Crippen molar-refractivity contribution in [2.75, 3.05) is 18.4 Å². The van der Waals surface area contributed by atoms with Crippen LogP contribution in [0.25, 0.3) is 0 Å². The van der Waals surface area contributed by atoms with Crippen LogP contribution in [0.5, 0.6) is 5.75 Å². The molecule has 29 heavy (non-hydrogen) atoms. The van der Waals surface area contributed by atoms with Crippen LogP contribution < -0.4 is 10.1 Å². The molecule has 154 valence electrons. The minimum absolute atomic E-state index is 0.0240. The maximum absolute atomic E-state index is 12.8. The molecule has 1 saturated heterocycles. The molecular weight excluding hydrogens is 364 g/mol. The number of amides is 2. The van der Waals surface area contributed by atoms with Gasteiger partial charge in [-0.1, -0.05) is 37.6 Å². The van der Waals surface area contributed by atoms with Gasteiger partial charge in [-0.2, -0.15) is 0 Å². The second-order valence-electron chi connectivity index (χ2n) is 7.87. The summed E-state index contributed by atoms with van der Waals surface area (Å²) in [6.07, 6.45) is 2.03. The van der Waals surface area contributed by atoms with Gasteiger partial charge in [-0.3, -0.25) is 9.59 Å². The Balaban J connectivity index is 1.64. The number of nitrogens with zero attached hydrogens (tertiary/aromatic N) is 1. The molecule has 1 aliphatic rings. The Kier molecular flexibility index (Phi) is 6.91. The van der Waals surface area contributed by atoms with E-state index in [2.05, 4.69) is 12.2 Å². The lowest BCUT2D eigenvalue weighted by atomic mass is 9.98. The van der Waals surface area contributed by atoms with Gasteiger partial charge in [0.25, 0.3) is 11.8 Å². The molecule has 0 aliphatic carbocycles. The fourth-order valence-electron chi connectivity index (χ4n) is 3.45. The molecule has 1 N–H and O–H groups in total. The first-order valence-electron chi connectivity index (χ1n) is 10.4. The number of carbonyl (C=O) groups is 2. The van der Waals surface area contributed by atoms with E-state index in [1.807, 2.05) is 43.0 Å². The second kappa shape index (κ2) is 9.59. The second-order valence-corrected chi connectivity index (χ2v) is 7.87. The molecule has 5 nitrogen and oxygen atoms in total. The zero-order valence-electron chi connectivity index (χ0n) is 17.5. The molecule has 0 bridgehead atoms. The summed E-state index contributed by atoms with van der Waals surface area (Å²) in [7, 11) is 0. The molecule has 1 fully saturated rings. The molecule has 2 aromatic rings. The van der Waals surface area contributed by atoms with E-state index in [0.717, 1.165) is 31.5 Å². The van der Waals surface area contributed by atoms with Gasteiger partial charge < -0.3 is 15.0 Å². The zero-order valence-corrected chi connectivity index (χ0v) is 17.5. The van der Waals surface area contributed by atoms with Crippen molar-refractivity contribution in [1.29, 1.82) is 0 Å². The maximum Gasteiger partial charge on any atom is 0.265 e. The number of hydrogen-bond donors (Lipinski definition) is 1. The average Bonchev–Trinajstić information content (AvgIpc) is 2.73. The zero-order chi connectivity index (χ0) is 20.8. The normalized spacial score (nSPS) is 15.6. The number of ether oxygens (including phenoxy) is 1.